The van der Waals surface area contributed by atoms with Crippen molar-refractivity contribution >= 4 is 22.8 Å². The summed E-state index contributed by atoms with van der Waals surface area (Å²) < 4.78 is 14.1. The average molecular weight is 386 g/mol. The molecule has 0 fully saturated rings. The first kappa shape index (κ1) is 17.2. The van der Waals surface area contributed by atoms with Crippen molar-refractivity contribution in [2.24, 2.45) is 0 Å². The second-order valence-electron chi connectivity index (χ2n) is 7.00. The highest BCUT2D eigenvalue weighted by molar-refractivity contribution is 6.25. The minimum atomic E-state index is -0.398. The summed E-state index contributed by atoms with van der Waals surface area (Å²) in [6.45, 7) is 1.78. The van der Waals surface area contributed by atoms with E-state index in [0.29, 0.717) is 27.7 Å². The molecule has 0 saturated heterocycles. The van der Waals surface area contributed by atoms with Gasteiger partial charge in [0.05, 0.1) is 29.3 Å². The molecule has 1 N–H and O–H groups in total. The fraction of sp³-hybridized carbons (Fsp3) is 0.0909. The number of imide groups is 1. The molecule has 2 amide bonds. The lowest BCUT2D eigenvalue weighted by atomic mass is 9.98. The van der Waals surface area contributed by atoms with Crippen molar-refractivity contribution < 1.29 is 14.0 Å². The number of aromatic amines is 1. The van der Waals surface area contributed by atoms with E-state index in [1.807, 2.05) is 30.3 Å². The van der Waals surface area contributed by atoms with Crippen molar-refractivity contribution in [2.75, 3.05) is 0 Å². The summed E-state index contributed by atoms with van der Waals surface area (Å²) >= 11 is 0. The Bertz CT molecular complexity index is 1310. The van der Waals surface area contributed by atoms with Gasteiger partial charge >= 0.3 is 0 Å². The Hall–Kier alpha value is -3.87. The fourth-order valence-electron chi connectivity index (χ4n) is 3.68. The van der Waals surface area contributed by atoms with Gasteiger partial charge in [-0.2, -0.15) is 5.10 Å². The molecule has 2 aromatic carbocycles. The summed E-state index contributed by atoms with van der Waals surface area (Å²) in [5, 5.41) is 7.15. The highest BCUT2D eigenvalue weighted by Crippen LogP contribution is 2.32. The lowest BCUT2D eigenvalue weighted by Gasteiger charge is -2.17. The monoisotopic (exact) mass is 386 g/mol. The topological polar surface area (TPSA) is 79.0 Å². The van der Waals surface area contributed by atoms with E-state index in [1.165, 1.54) is 23.4 Å². The molecule has 1 aliphatic heterocycles. The number of amides is 2. The van der Waals surface area contributed by atoms with Gasteiger partial charge in [0.15, 0.2) is 5.65 Å². The number of aryl methyl sites for hydroxylation is 1. The first-order valence-electron chi connectivity index (χ1n) is 9.07. The van der Waals surface area contributed by atoms with Crippen molar-refractivity contribution in [3.8, 4) is 11.1 Å². The first-order chi connectivity index (χ1) is 14.0. The van der Waals surface area contributed by atoms with Crippen molar-refractivity contribution in [2.45, 2.75) is 13.5 Å². The number of hydrogen-bond donors (Lipinski definition) is 1. The van der Waals surface area contributed by atoms with E-state index in [-0.39, 0.29) is 23.8 Å². The number of halogens is 1. The number of nitrogens with one attached hydrogen (secondary N) is 1. The number of pyridine rings is 1. The number of fused-ring (bicyclic) bond motifs is 3. The molecule has 5 rings (SSSR count). The Labute approximate surface area is 165 Å². The molecule has 142 valence electrons. The van der Waals surface area contributed by atoms with Crippen LogP contribution >= 0.6 is 0 Å². The molecule has 0 saturated carbocycles. The van der Waals surface area contributed by atoms with Crippen LogP contribution in [0.25, 0.3) is 22.2 Å². The van der Waals surface area contributed by atoms with Crippen molar-refractivity contribution in [1.29, 1.82) is 0 Å². The molecule has 6 nitrogen and oxygen atoms in total. The fourth-order valence-corrected chi connectivity index (χ4v) is 3.68. The van der Waals surface area contributed by atoms with Crippen LogP contribution in [0.5, 0.6) is 0 Å². The van der Waals surface area contributed by atoms with E-state index in [0.717, 1.165) is 11.1 Å². The molecule has 0 aliphatic carbocycles. The normalized spacial score (nSPS) is 13.4. The van der Waals surface area contributed by atoms with Crippen LogP contribution in [0, 0.1) is 12.7 Å². The molecular formula is C22H15FN4O2. The van der Waals surface area contributed by atoms with Gasteiger partial charge in [0, 0.05) is 6.20 Å². The van der Waals surface area contributed by atoms with E-state index in [1.54, 1.807) is 13.0 Å². The van der Waals surface area contributed by atoms with Gasteiger partial charge in [-0.3, -0.25) is 19.6 Å². The third-order valence-electron chi connectivity index (χ3n) is 5.24. The summed E-state index contributed by atoms with van der Waals surface area (Å²) in [5.74, 6) is -1.08. The summed E-state index contributed by atoms with van der Waals surface area (Å²) in [6, 6.07) is 12.4. The van der Waals surface area contributed by atoms with Gasteiger partial charge in [-0.05, 0) is 35.2 Å². The molecule has 0 unspecified atom stereocenters. The van der Waals surface area contributed by atoms with Crippen LogP contribution in [0.15, 0.2) is 54.9 Å². The van der Waals surface area contributed by atoms with Gasteiger partial charge in [-0.25, -0.2) is 9.37 Å². The van der Waals surface area contributed by atoms with Gasteiger partial charge in [0.1, 0.15) is 5.82 Å². The molecule has 0 atom stereocenters. The summed E-state index contributed by atoms with van der Waals surface area (Å²) in [7, 11) is 0. The smallest absolute Gasteiger partial charge is 0.263 e. The summed E-state index contributed by atoms with van der Waals surface area (Å²) in [6.07, 6.45) is 2.90. The maximum absolute atomic E-state index is 14.1. The van der Waals surface area contributed by atoms with E-state index in [2.05, 4.69) is 15.2 Å². The van der Waals surface area contributed by atoms with Crippen LogP contribution in [0.2, 0.25) is 0 Å². The van der Waals surface area contributed by atoms with Crippen molar-refractivity contribution in [3.05, 3.63) is 82.9 Å². The largest absolute Gasteiger partial charge is 0.270 e. The van der Waals surface area contributed by atoms with Crippen LogP contribution in [0.1, 0.15) is 31.8 Å². The zero-order valence-electron chi connectivity index (χ0n) is 15.4. The highest BCUT2D eigenvalue weighted by atomic mass is 19.1. The van der Waals surface area contributed by atoms with Crippen LogP contribution in [0.3, 0.4) is 0 Å². The van der Waals surface area contributed by atoms with E-state index < -0.39 is 5.91 Å². The number of H-pyrrole nitrogens is 1. The molecule has 0 radical (unpaired) electrons. The van der Waals surface area contributed by atoms with Gasteiger partial charge < -0.3 is 0 Å². The number of aromatic nitrogens is 3. The molecular weight excluding hydrogens is 371 g/mol. The van der Waals surface area contributed by atoms with Crippen molar-refractivity contribution in [1.82, 2.24) is 20.1 Å². The Morgan fingerprint density at radius 2 is 1.86 bits per heavy atom. The quantitative estimate of drug-likeness (QED) is 0.542. The minimum Gasteiger partial charge on any atom is -0.270 e. The predicted octanol–water partition coefficient (Wildman–Crippen LogP) is 3.87. The first-order valence-corrected chi connectivity index (χ1v) is 9.07. The Morgan fingerprint density at radius 3 is 2.69 bits per heavy atom. The van der Waals surface area contributed by atoms with Crippen molar-refractivity contribution in [3.63, 3.8) is 0 Å². The van der Waals surface area contributed by atoms with Crippen LogP contribution < -0.4 is 0 Å². The van der Waals surface area contributed by atoms with E-state index >= 15 is 0 Å². The lowest BCUT2D eigenvalue weighted by molar-refractivity contribution is 0.0643. The molecule has 2 aromatic heterocycles. The van der Waals surface area contributed by atoms with Crippen LogP contribution in [-0.4, -0.2) is 31.9 Å². The minimum absolute atomic E-state index is 0.0807. The van der Waals surface area contributed by atoms with Gasteiger partial charge in [0.25, 0.3) is 11.8 Å². The molecule has 29 heavy (non-hydrogen) atoms. The molecule has 0 spiro atoms. The number of carbonyl (C=O) groups excluding carboxylic acids is 2. The molecule has 4 aromatic rings. The third kappa shape index (κ3) is 2.62. The number of rotatable bonds is 3. The summed E-state index contributed by atoms with van der Waals surface area (Å²) in [5.41, 5.74) is 3.82. The lowest BCUT2D eigenvalue weighted by Crippen LogP contribution is -2.29. The zero-order chi connectivity index (χ0) is 20.1. The molecule has 3 heterocycles. The Morgan fingerprint density at radius 1 is 1.03 bits per heavy atom. The maximum atomic E-state index is 14.1. The third-order valence-corrected chi connectivity index (χ3v) is 5.24. The van der Waals surface area contributed by atoms with E-state index in [9.17, 15) is 14.0 Å². The Kier molecular flexibility index (Phi) is 3.77. The SMILES string of the molecule is Cc1ccc(-c2ccccc2CN2C(=O)c3cnc4[nH]ncc4c3C2=O)cc1F. The highest BCUT2D eigenvalue weighted by Gasteiger charge is 2.38. The average Bonchev–Trinajstić information content (AvgIpc) is 3.29. The predicted molar refractivity (Wildman–Crippen MR) is 105 cm³/mol. The maximum Gasteiger partial charge on any atom is 0.263 e. The zero-order valence-corrected chi connectivity index (χ0v) is 15.4. The summed E-state index contributed by atoms with van der Waals surface area (Å²) in [4.78, 5) is 31.3. The second-order valence-corrected chi connectivity index (χ2v) is 7.00. The number of benzene rings is 2. The van der Waals surface area contributed by atoms with E-state index in [4.69, 9.17) is 0 Å². The molecule has 7 heteroatoms. The number of carbonyl (C=O) groups is 2. The molecule has 1 aliphatic rings. The number of hydrogen-bond acceptors (Lipinski definition) is 4. The van der Waals surface area contributed by atoms with Crippen LogP contribution in [0.4, 0.5) is 4.39 Å². The Balaban J connectivity index is 1.55. The van der Waals surface area contributed by atoms with Gasteiger partial charge in [0.2, 0.25) is 0 Å². The van der Waals surface area contributed by atoms with Gasteiger partial charge in [-0.1, -0.05) is 36.4 Å². The molecule has 0 bridgehead atoms. The number of nitrogens with zero attached hydrogens (tertiary/aromatic N) is 3. The second kappa shape index (κ2) is 6.34. The van der Waals surface area contributed by atoms with Crippen LogP contribution in [-0.2, 0) is 6.54 Å². The standard InChI is InChI=1S/C22H15FN4O2/c1-12-6-7-13(8-18(12)23)15-5-3-2-4-14(15)11-27-21(28)17-9-24-20-16(10-25-26-20)19(17)22(27)29/h2-10H,11H2,1H3,(H,24,25,26). The van der Waals surface area contributed by atoms with Gasteiger partial charge in [-0.15, -0.1) is 0 Å².